The summed E-state index contributed by atoms with van der Waals surface area (Å²) in [5, 5.41) is 16.5. The first kappa shape index (κ1) is 22.8. The molecule has 2 aliphatic rings. The van der Waals surface area contributed by atoms with Crippen LogP contribution in [0.1, 0.15) is 50.7 Å². The first-order valence-electron chi connectivity index (χ1n) is 10.4. The Morgan fingerprint density at radius 3 is 2.61 bits per heavy atom. The minimum Gasteiger partial charge on any atom is -0.349 e. The summed E-state index contributed by atoms with van der Waals surface area (Å²) >= 11 is 1.27. The van der Waals surface area contributed by atoms with E-state index < -0.39 is 43.3 Å². The van der Waals surface area contributed by atoms with Crippen molar-refractivity contribution in [2.45, 2.75) is 43.7 Å². The number of nitrogens with zero attached hydrogens (tertiary/aromatic N) is 3. The minimum absolute atomic E-state index is 0.0921. The van der Waals surface area contributed by atoms with Crippen LogP contribution in [0.15, 0.2) is 29.6 Å². The normalized spacial score (nSPS) is 19.1. The van der Waals surface area contributed by atoms with Gasteiger partial charge in [-0.05, 0) is 30.5 Å². The molecule has 2 N–H and O–H groups in total. The lowest BCUT2D eigenvalue weighted by atomic mass is 10.1. The number of aromatic nitrogens is 1. The molecule has 11 heteroatoms. The second-order valence-corrected chi connectivity index (χ2v) is 9.10. The third-order valence-electron chi connectivity index (χ3n) is 5.41. The molecule has 1 aliphatic carbocycles. The van der Waals surface area contributed by atoms with Crippen molar-refractivity contribution < 1.29 is 23.2 Å². The number of thiazole rings is 1. The molecular formula is C22H21F2N5O3S. The number of alkyl halides is 2. The number of likely N-dealkylation sites (tertiary alicyclic amines) is 1. The average molecular weight is 474 g/mol. The van der Waals surface area contributed by atoms with E-state index in [9.17, 15) is 23.2 Å². The van der Waals surface area contributed by atoms with Crippen LogP contribution in [0.5, 0.6) is 0 Å². The van der Waals surface area contributed by atoms with Crippen LogP contribution in [0.3, 0.4) is 0 Å². The molecule has 0 radical (unpaired) electrons. The van der Waals surface area contributed by atoms with Crippen LogP contribution in [0, 0.1) is 11.3 Å². The highest BCUT2D eigenvalue weighted by Gasteiger charge is 2.47. The summed E-state index contributed by atoms with van der Waals surface area (Å²) in [4.78, 5) is 41.6. The van der Waals surface area contributed by atoms with Crippen molar-refractivity contribution in [1.82, 2.24) is 20.5 Å². The molecule has 0 unspecified atom stereocenters. The number of hydrogen-bond acceptors (Lipinski definition) is 6. The standard InChI is InChI=1S/C22H21F2N5O3S/c23-22(24)8-16(9-25)29(12-22)19(30)10-26-21(32)17-11-33-18(28-17)7-13-1-3-14(4-2-13)20(31)27-15-5-6-15/h1-4,11,15-16H,5-8,10,12H2,(H,26,32)(H,27,31)/t16-/m0/s1. The van der Waals surface area contributed by atoms with Crippen LogP contribution in [0.2, 0.25) is 0 Å². The Morgan fingerprint density at radius 1 is 1.21 bits per heavy atom. The summed E-state index contributed by atoms with van der Waals surface area (Å²) in [7, 11) is 0. The molecule has 1 saturated carbocycles. The highest BCUT2D eigenvalue weighted by Crippen LogP contribution is 2.31. The van der Waals surface area contributed by atoms with Crippen molar-refractivity contribution in [1.29, 1.82) is 5.26 Å². The van der Waals surface area contributed by atoms with Crippen LogP contribution in [-0.2, 0) is 11.2 Å². The van der Waals surface area contributed by atoms with Gasteiger partial charge in [0.25, 0.3) is 17.7 Å². The Labute approximate surface area is 192 Å². The van der Waals surface area contributed by atoms with Crippen LogP contribution in [0.4, 0.5) is 8.78 Å². The highest BCUT2D eigenvalue weighted by molar-refractivity contribution is 7.09. The van der Waals surface area contributed by atoms with Crippen molar-refractivity contribution in [3.63, 3.8) is 0 Å². The fourth-order valence-electron chi connectivity index (χ4n) is 3.48. The highest BCUT2D eigenvalue weighted by atomic mass is 32.1. The second-order valence-electron chi connectivity index (χ2n) is 8.16. The third-order valence-corrected chi connectivity index (χ3v) is 6.26. The molecule has 2 aromatic rings. The number of nitrogens with one attached hydrogen (secondary N) is 2. The molecule has 1 aliphatic heterocycles. The Hall–Kier alpha value is -3.39. The van der Waals surface area contributed by atoms with E-state index in [1.54, 1.807) is 23.6 Å². The Bertz CT molecular complexity index is 1110. The number of nitriles is 1. The summed E-state index contributed by atoms with van der Waals surface area (Å²) in [6.45, 7) is -1.33. The van der Waals surface area contributed by atoms with Crippen molar-refractivity contribution in [2.24, 2.45) is 0 Å². The van der Waals surface area contributed by atoms with Crippen LogP contribution < -0.4 is 10.6 Å². The number of amides is 3. The molecular weight excluding hydrogens is 452 g/mol. The average Bonchev–Trinajstić information content (AvgIpc) is 3.37. The Kier molecular flexibility index (Phi) is 6.37. The maximum absolute atomic E-state index is 13.5. The van der Waals surface area contributed by atoms with E-state index >= 15 is 0 Å². The van der Waals surface area contributed by atoms with Gasteiger partial charge in [0.1, 0.15) is 11.7 Å². The number of carbonyl (C=O) groups excluding carboxylic acids is 3. The van der Waals surface area contributed by atoms with E-state index in [0.717, 1.165) is 23.3 Å². The van der Waals surface area contributed by atoms with Gasteiger partial charge in [-0.2, -0.15) is 5.26 Å². The van der Waals surface area contributed by atoms with Gasteiger partial charge in [0.15, 0.2) is 0 Å². The molecule has 8 nitrogen and oxygen atoms in total. The quantitative estimate of drug-likeness (QED) is 0.639. The van der Waals surface area contributed by atoms with Gasteiger partial charge in [-0.3, -0.25) is 14.4 Å². The van der Waals surface area contributed by atoms with Crippen molar-refractivity contribution >= 4 is 29.1 Å². The van der Waals surface area contributed by atoms with Gasteiger partial charge >= 0.3 is 0 Å². The molecule has 172 valence electrons. The minimum atomic E-state index is -3.11. The number of hydrogen-bond donors (Lipinski definition) is 2. The van der Waals surface area contributed by atoms with Crippen LogP contribution >= 0.6 is 11.3 Å². The molecule has 2 fully saturated rings. The zero-order chi connectivity index (χ0) is 23.6. The van der Waals surface area contributed by atoms with Gasteiger partial charge in [-0.1, -0.05) is 12.1 Å². The van der Waals surface area contributed by atoms with Crippen LogP contribution in [-0.4, -0.2) is 58.7 Å². The predicted molar refractivity (Wildman–Crippen MR) is 115 cm³/mol. The summed E-state index contributed by atoms with van der Waals surface area (Å²) in [6.07, 6.45) is 1.80. The first-order chi connectivity index (χ1) is 15.7. The van der Waals surface area contributed by atoms with Crippen molar-refractivity contribution in [3.05, 3.63) is 51.5 Å². The van der Waals surface area contributed by atoms with Gasteiger partial charge in [-0.15, -0.1) is 11.3 Å². The van der Waals surface area contributed by atoms with Crippen molar-refractivity contribution in [3.8, 4) is 6.07 Å². The number of benzene rings is 1. The van der Waals surface area contributed by atoms with E-state index in [4.69, 9.17) is 5.26 Å². The van der Waals surface area contributed by atoms with Gasteiger partial charge < -0.3 is 15.5 Å². The maximum atomic E-state index is 13.5. The summed E-state index contributed by atoms with van der Waals surface area (Å²) in [6, 6.07) is 7.94. The molecule has 3 amide bonds. The Morgan fingerprint density at radius 2 is 1.94 bits per heavy atom. The molecule has 0 bridgehead atoms. The van der Waals surface area contributed by atoms with Crippen LogP contribution in [0.25, 0.3) is 0 Å². The predicted octanol–water partition coefficient (Wildman–Crippen LogP) is 2.12. The molecule has 1 aromatic heterocycles. The first-order valence-corrected chi connectivity index (χ1v) is 11.3. The maximum Gasteiger partial charge on any atom is 0.271 e. The molecule has 33 heavy (non-hydrogen) atoms. The number of carbonyl (C=O) groups is 3. The SMILES string of the molecule is N#C[C@@H]1CC(F)(F)CN1C(=O)CNC(=O)c1csc(Cc2ccc(C(=O)NC3CC3)cc2)n1. The van der Waals surface area contributed by atoms with Gasteiger partial charge in [0.05, 0.1) is 24.2 Å². The Balaban J connectivity index is 1.29. The third kappa shape index (κ3) is 5.70. The summed E-state index contributed by atoms with van der Waals surface area (Å²) < 4.78 is 27.0. The van der Waals surface area contributed by atoms with Crippen molar-refractivity contribution in [2.75, 3.05) is 13.1 Å². The topological polar surface area (TPSA) is 115 Å². The fourth-order valence-corrected chi connectivity index (χ4v) is 4.29. The lowest BCUT2D eigenvalue weighted by molar-refractivity contribution is -0.131. The lowest BCUT2D eigenvalue weighted by Crippen LogP contribution is -2.43. The zero-order valence-electron chi connectivity index (χ0n) is 17.5. The molecule has 4 rings (SSSR count). The summed E-state index contributed by atoms with van der Waals surface area (Å²) in [5.41, 5.74) is 1.63. The lowest BCUT2D eigenvalue weighted by Gasteiger charge is -2.19. The van der Waals surface area contributed by atoms with E-state index in [1.807, 2.05) is 12.1 Å². The van der Waals surface area contributed by atoms with E-state index in [-0.39, 0.29) is 17.6 Å². The fraction of sp³-hybridized carbons (Fsp3) is 0.409. The van der Waals surface area contributed by atoms with Gasteiger partial charge in [-0.25, -0.2) is 13.8 Å². The number of rotatable bonds is 7. The monoisotopic (exact) mass is 473 g/mol. The summed E-state index contributed by atoms with van der Waals surface area (Å²) in [5.74, 6) is -4.54. The molecule has 1 saturated heterocycles. The molecule has 2 heterocycles. The van der Waals surface area contributed by atoms with E-state index in [0.29, 0.717) is 17.0 Å². The number of halogens is 2. The molecule has 1 aromatic carbocycles. The smallest absolute Gasteiger partial charge is 0.271 e. The second kappa shape index (κ2) is 9.23. The zero-order valence-corrected chi connectivity index (χ0v) is 18.3. The largest absolute Gasteiger partial charge is 0.349 e. The van der Waals surface area contributed by atoms with Gasteiger partial charge in [0.2, 0.25) is 5.91 Å². The molecule has 1 atom stereocenters. The van der Waals surface area contributed by atoms with E-state index in [1.165, 1.54) is 11.3 Å². The van der Waals surface area contributed by atoms with E-state index in [2.05, 4.69) is 15.6 Å². The van der Waals surface area contributed by atoms with Gasteiger partial charge in [0, 0.05) is 29.8 Å². The molecule has 0 spiro atoms.